The lowest BCUT2D eigenvalue weighted by Gasteiger charge is -2.25. The standard InChI is InChI=1S/C20H24O6S/c1-27(22,23)26-20(16-24-14-17-8-4-2-5-9-17)19(12-13-21)25-15-18-10-6-3-7-11-18/h2-11,13,19-20H,12,14-16H2,1H3/t19-,20-/m0/s1. The molecule has 0 bridgehead atoms. The molecule has 146 valence electrons. The third-order valence-electron chi connectivity index (χ3n) is 3.74. The minimum Gasteiger partial charge on any atom is -0.374 e. The average Bonchev–Trinajstić information content (AvgIpc) is 2.65. The third-order valence-corrected chi connectivity index (χ3v) is 4.34. The third kappa shape index (κ3) is 8.45. The topological polar surface area (TPSA) is 78.9 Å². The van der Waals surface area contributed by atoms with Crippen LogP contribution >= 0.6 is 0 Å². The number of rotatable bonds is 12. The molecule has 2 atom stereocenters. The lowest BCUT2D eigenvalue weighted by molar-refractivity contribution is -0.115. The maximum absolute atomic E-state index is 11.6. The SMILES string of the molecule is CS(=O)(=O)O[C@@H](COCc1ccccc1)[C@H](CC=O)OCc1ccccc1. The van der Waals surface area contributed by atoms with E-state index in [9.17, 15) is 13.2 Å². The van der Waals surface area contributed by atoms with Gasteiger partial charge in [-0.15, -0.1) is 0 Å². The van der Waals surface area contributed by atoms with Crippen LogP contribution in [0.5, 0.6) is 0 Å². The molecule has 27 heavy (non-hydrogen) atoms. The second kappa shape index (κ2) is 10.9. The largest absolute Gasteiger partial charge is 0.374 e. The lowest BCUT2D eigenvalue weighted by Crippen LogP contribution is -2.37. The van der Waals surface area contributed by atoms with Gasteiger partial charge in [0.05, 0.1) is 32.2 Å². The first-order chi connectivity index (χ1) is 13.0. The zero-order valence-corrected chi connectivity index (χ0v) is 16.0. The van der Waals surface area contributed by atoms with Crippen molar-refractivity contribution in [2.24, 2.45) is 0 Å². The molecule has 0 unspecified atom stereocenters. The quantitative estimate of drug-likeness (QED) is 0.408. The summed E-state index contributed by atoms with van der Waals surface area (Å²) in [6, 6.07) is 18.9. The first-order valence-corrected chi connectivity index (χ1v) is 10.4. The molecule has 0 aromatic heterocycles. The van der Waals surface area contributed by atoms with Crippen molar-refractivity contribution in [2.75, 3.05) is 12.9 Å². The zero-order chi connectivity index (χ0) is 19.5. The van der Waals surface area contributed by atoms with E-state index in [2.05, 4.69) is 0 Å². The number of carbonyl (C=O) groups is 1. The van der Waals surface area contributed by atoms with E-state index in [1.807, 2.05) is 60.7 Å². The Balaban J connectivity index is 2.01. The van der Waals surface area contributed by atoms with Gasteiger partial charge in [0.25, 0.3) is 10.1 Å². The highest BCUT2D eigenvalue weighted by Crippen LogP contribution is 2.15. The van der Waals surface area contributed by atoms with E-state index in [-0.39, 0.29) is 19.6 Å². The minimum atomic E-state index is -3.74. The van der Waals surface area contributed by atoms with Crippen LogP contribution in [0, 0.1) is 0 Å². The molecule has 7 heteroatoms. The van der Waals surface area contributed by atoms with E-state index in [0.29, 0.717) is 12.9 Å². The molecule has 0 amide bonds. The van der Waals surface area contributed by atoms with Crippen LogP contribution in [0.25, 0.3) is 0 Å². The van der Waals surface area contributed by atoms with Crippen LogP contribution in [0.1, 0.15) is 17.5 Å². The fourth-order valence-electron chi connectivity index (χ4n) is 2.49. The summed E-state index contributed by atoms with van der Waals surface area (Å²) < 4.78 is 39.8. The fraction of sp³-hybridized carbons (Fsp3) is 0.350. The van der Waals surface area contributed by atoms with E-state index in [0.717, 1.165) is 17.4 Å². The highest BCUT2D eigenvalue weighted by Gasteiger charge is 2.27. The summed E-state index contributed by atoms with van der Waals surface area (Å²) in [6.07, 6.45) is -0.00891. The number of ether oxygens (including phenoxy) is 2. The first kappa shape index (κ1) is 21.2. The fourth-order valence-corrected chi connectivity index (χ4v) is 3.12. The van der Waals surface area contributed by atoms with E-state index in [1.54, 1.807) is 0 Å². The van der Waals surface area contributed by atoms with Gasteiger partial charge in [-0.25, -0.2) is 0 Å². The zero-order valence-electron chi connectivity index (χ0n) is 15.2. The molecular weight excluding hydrogens is 368 g/mol. The van der Waals surface area contributed by atoms with E-state index >= 15 is 0 Å². The second-order valence-electron chi connectivity index (χ2n) is 6.08. The van der Waals surface area contributed by atoms with Crippen LogP contribution < -0.4 is 0 Å². The monoisotopic (exact) mass is 392 g/mol. The molecule has 0 aliphatic carbocycles. The Labute approximate surface area is 160 Å². The predicted octanol–water partition coefficient (Wildman–Crippen LogP) is 2.72. The smallest absolute Gasteiger partial charge is 0.264 e. The van der Waals surface area contributed by atoms with E-state index in [1.165, 1.54) is 0 Å². The van der Waals surface area contributed by atoms with Gasteiger partial charge in [0.1, 0.15) is 12.4 Å². The Morgan fingerprint density at radius 3 is 1.96 bits per heavy atom. The average molecular weight is 392 g/mol. The molecule has 0 saturated carbocycles. The molecule has 0 N–H and O–H groups in total. The van der Waals surface area contributed by atoms with Gasteiger partial charge in [-0.1, -0.05) is 60.7 Å². The van der Waals surface area contributed by atoms with Crippen molar-refractivity contribution in [3.05, 3.63) is 71.8 Å². The highest BCUT2D eigenvalue weighted by atomic mass is 32.2. The molecule has 0 radical (unpaired) electrons. The summed E-state index contributed by atoms with van der Waals surface area (Å²) in [6.45, 7) is 0.522. The maximum Gasteiger partial charge on any atom is 0.264 e. The van der Waals surface area contributed by atoms with Crippen molar-refractivity contribution in [3.8, 4) is 0 Å². The van der Waals surface area contributed by atoms with Crippen molar-refractivity contribution in [3.63, 3.8) is 0 Å². The van der Waals surface area contributed by atoms with Crippen molar-refractivity contribution < 1.29 is 26.9 Å². The molecule has 0 fully saturated rings. The van der Waals surface area contributed by atoms with Gasteiger partial charge in [0, 0.05) is 6.42 Å². The molecule has 0 heterocycles. The van der Waals surface area contributed by atoms with Gasteiger partial charge in [-0.2, -0.15) is 8.42 Å². The summed E-state index contributed by atoms with van der Waals surface area (Å²) in [5.74, 6) is 0. The normalized spacial score (nSPS) is 13.8. The molecule has 2 aromatic carbocycles. The van der Waals surface area contributed by atoms with Crippen LogP contribution in [0.15, 0.2) is 60.7 Å². The number of carbonyl (C=O) groups excluding carboxylic acids is 1. The molecule has 0 saturated heterocycles. The number of aldehydes is 1. The lowest BCUT2D eigenvalue weighted by atomic mass is 10.1. The molecule has 2 aromatic rings. The molecule has 6 nitrogen and oxygen atoms in total. The Bertz CT molecular complexity index is 777. The Hall–Kier alpha value is -2.06. The molecule has 0 aliphatic rings. The van der Waals surface area contributed by atoms with Crippen molar-refractivity contribution >= 4 is 16.4 Å². The highest BCUT2D eigenvalue weighted by molar-refractivity contribution is 7.86. The Kier molecular flexibility index (Phi) is 8.60. The maximum atomic E-state index is 11.6. The minimum absolute atomic E-state index is 0.00170. The van der Waals surface area contributed by atoms with Crippen molar-refractivity contribution in [1.82, 2.24) is 0 Å². The van der Waals surface area contributed by atoms with Gasteiger partial charge in [0.2, 0.25) is 0 Å². The van der Waals surface area contributed by atoms with Crippen LogP contribution in [0.4, 0.5) is 0 Å². The number of benzene rings is 2. The number of hydrogen-bond acceptors (Lipinski definition) is 6. The molecule has 0 spiro atoms. The van der Waals surface area contributed by atoms with Gasteiger partial charge in [0.15, 0.2) is 0 Å². The first-order valence-electron chi connectivity index (χ1n) is 8.57. The summed E-state index contributed by atoms with van der Waals surface area (Å²) >= 11 is 0. The van der Waals surface area contributed by atoms with Gasteiger partial charge in [-0.05, 0) is 11.1 Å². The summed E-state index contributed by atoms with van der Waals surface area (Å²) in [5.41, 5.74) is 1.87. The molecular formula is C20H24O6S. The Morgan fingerprint density at radius 1 is 0.889 bits per heavy atom. The van der Waals surface area contributed by atoms with Crippen molar-refractivity contribution in [1.29, 1.82) is 0 Å². The van der Waals surface area contributed by atoms with Gasteiger partial charge in [-0.3, -0.25) is 4.18 Å². The van der Waals surface area contributed by atoms with Gasteiger partial charge < -0.3 is 14.3 Å². The predicted molar refractivity (Wildman–Crippen MR) is 102 cm³/mol. The summed E-state index contributed by atoms with van der Waals surface area (Å²) in [7, 11) is -3.74. The molecule has 0 aliphatic heterocycles. The summed E-state index contributed by atoms with van der Waals surface area (Å²) in [4.78, 5) is 11.1. The second-order valence-corrected chi connectivity index (χ2v) is 7.68. The van der Waals surface area contributed by atoms with Crippen LogP contribution in [0.2, 0.25) is 0 Å². The van der Waals surface area contributed by atoms with E-state index in [4.69, 9.17) is 13.7 Å². The summed E-state index contributed by atoms with van der Waals surface area (Å²) in [5, 5.41) is 0. The molecule has 2 rings (SSSR count). The van der Waals surface area contributed by atoms with Crippen molar-refractivity contribution in [2.45, 2.75) is 31.8 Å². The van der Waals surface area contributed by atoms with Crippen LogP contribution in [-0.2, 0) is 41.8 Å². The van der Waals surface area contributed by atoms with Crippen LogP contribution in [-0.4, -0.2) is 39.8 Å². The van der Waals surface area contributed by atoms with Crippen LogP contribution in [0.3, 0.4) is 0 Å². The number of hydrogen-bond donors (Lipinski definition) is 0. The Morgan fingerprint density at radius 2 is 1.44 bits per heavy atom. The van der Waals surface area contributed by atoms with E-state index < -0.39 is 22.3 Å². The van der Waals surface area contributed by atoms with Gasteiger partial charge >= 0.3 is 0 Å².